The highest BCUT2D eigenvalue weighted by Gasteiger charge is 2.73. The smallest absolute Gasteiger partial charge is 0.330 e. The molecule has 9 heteroatoms. The van der Waals surface area contributed by atoms with Crippen molar-refractivity contribution in [2.45, 2.75) is 470 Å². The number of carbonyl (C=O) groups excluding carboxylic acids is 3. The predicted molar refractivity (Wildman–Crippen MR) is 471 cm³/mol. The minimum absolute atomic E-state index is 0.113. The molecule has 9 nitrogen and oxygen atoms in total. The van der Waals surface area contributed by atoms with Gasteiger partial charge in [-0.3, -0.25) is 0 Å². The molecule has 5 aliphatic rings. The first-order valence-corrected chi connectivity index (χ1v) is 43.4. The van der Waals surface area contributed by atoms with Gasteiger partial charge in [-0.15, -0.1) is 0 Å². The molecule has 626 valence electrons. The highest BCUT2D eigenvalue weighted by molar-refractivity contribution is 5.83. The lowest BCUT2D eigenvalue weighted by Gasteiger charge is -2.72. The van der Waals surface area contributed by atoms with Crippen molar-refractivity contribution < 1.29 is 43.9 Å². The molecule has 5 aliphatic carbocycles. The van der Waals surface area contributed by atoms with E-state index in [-0.39, 0.29) is 41.8 Å². The van der Waals surface area contributed by atoms with Crippen LogP contribution in [0.3, 0.4) is 0 Å². The number of aliphatic hydroxyl groups excluding tert-OH is 3. The van der Waals surface area contributed by atoms with Gasteiger partial charge in [0.2, 0.25) is 0 Å². The zero-order valence-electron chi connectivity index (χ0n) is 80.9. The number of allylic oxidation sites excluding steroid dienone is 5. The van der Waals surface area contributed by atoms with E-state index in [0.717, 1.165) is 25.7 Å². The molecule has 0 saturated heterocycles. The molecule has 0 heterocycles. The van der Waals surface area contributed by atoms with E-state index in [4.69, 9.17) is 14.2 Å². The molecular weight excluding hydrogens is 1240 g/mol. The molecule has 100 heavy (non-hydrogen) atoms. The van der Waals surface area contributed by atoms with Gasteiger partial charge in [-0.25, -0.2) is 14.4 Å². The average molecular weight is 1450 g/mol. The van der Waals surface area contributed by atoms with E-state index >= 15 is 0 Å². The van der Waals surface area contributed by atoms with Gasteiger partial charge in [0.1, 0.15) is 12.7 Å². The van der Waals surface area contributed by atoms with Gasteiger partial charge < -0.3 is 29.5 Å². The number of ether oxygens (including phenoxy) is 3. The standard InChI is InChI=1S/C42H62O9.C3H8.23C2H6/c1-10-13-32(45)49-24-39(7)28-18-21-40(8)29(38(28,6)20-19-30(39)43)17-16-26-27-22-37(4,5)35(48)36(51-34(47)15-12-3)42(27,25-50-33(46)14-11-2)31(44)23-41(26,40)9;1-3-2;23*1-2/h10-16,27-31,35-36,43-44,48H,17-25H2,1-9H3;3H2,1-2H3;23*1-2H3/b13-10+,14-11+,15-12+;;;;;;;;;;;;;;;;;;;;;;;;/t27?,28?,29?,30-,31+,35-,36-,38-,39+,40+,41+,42-;;;;;;;;;;;;;;;;;;;;;;;;/m0......................../s1. The molecule has 0 aromatic carbocycles. The van der Waals surface area contributed by atoms with Crippen LogP contribution < -0.4 is 0 Å². The van der Waals surface area contributed by atoms with Crippen molar-refractivity contribution >= 4 is 17.9 Å². The first kappa shape index (κ1) is 151. The second kappa shape index (κ2) is 117. The van der Waals surface area contributed by atoms with E-state index in [1.54, 1.807) is 39.0 Å². The van der Waals surface area contributed by atoms with Gasteiger partial charge in [0.25, 0.3) is 0 Å². The summed E-state index contributed by atoms with van der Waals surface area (Å²) in [5.41, 5.74) is -2.28. The van der Waals surface area contributed by atoms with E-state index in [9.17, 15) is 29.7 Å². The van der Waals surface area contributed by atoms with Crippen LogP contribution in [0.1, 0.15) is 446 Å². The van der Waals surface area contributed by atoms with Crippen LogP contribution in [0.15, 0.2) is 48.1 Å². The normalized spacial score (nSPS) is 24.3. The van der Waals surface area contributed by atoms with E-state index in [1.165, 1.54) is 30.2 Å². The molecule has 12 atom stereocenters. The van der Waals surface area contributed by atoms with Crippen molar-refractivity contribution in [2.75, 3.05) is 13.2 Å². The Morgan fingerprint density at radius 2 is 0.720 bits per heavy atom. The highest BCUT2D eigenvalue weighted by atomic mass is 16.6. The van der Waals surface area contributed by atoms with E-state index < -0.39 is 64.0 Å². The minimum atomic E-state index is -1.27. The molecule has 0 aromatic rings. The lowest BCUT2D eigenvalue weighted by Crippen LogP contribution is -2.72. The summed E-state index contributed by atoms with van der Waals surface area (Å²) in [5.74, 6) is -1.59. The fraction of sp³-hybridized carbons (Fsp3) is 0.879. The van der Waals surface area contributed by atoms with Gasteiger partial charge in [-0.1, -0.05) is 410 Å². The van der Waals surface area contributed by atoms with Crippen LogP contribution >= 0.6 is 0 Å². The lowest BCUT2D eigenvalue weighted by molar-refractivity contribution is -0.264. The summed E-state index contributed by atoms with van der Waals surface area (Å²) >= 11 is 0. The molecule has 0 aliphatic heterocycles. The Balaban J connectivity index is -0.0000000612. The third-order valence-corrected chi connectivity index (χ3v) is 15.0. The molecular formula is C91H208O9. The van der Waals surface area contributed by atoms with Crippen LogP contribution in [-0.4, -0.2) is 70.9 Å². The maximum absolute atomic E-state index is 13.1. The third kappa shape index (κ3) is 53.1. The number of carbonyl (C=O) groups is 3. The molecule has 3 unspecified atom stereocenters. The van der Waals surface area contributed by atoms with Crippen LogP contribution in [0, 0.1) is 50.2 Å². The van der Waals surface area contributed by atoms with Crippen molar-refractivity contribution in [3.05, 3.63) is 48.1 Å². The maximum atomic E-state index is 13.1. The topological polar surface area (TPSA) is 140 Å². The summed E-state index contributed by atoms with van der Waals surface area (Å²) in [6.45, 7) is 114. The fourth-order valence-corrected chi connectivity index (χ4v) is 12.1. The van der Waals surface area contributed by atoms with Crippen molar-refractivity contribution in [1.82, 2.24) is 0 Å². The Morgan fingerprint density at radius 1 is 0.420 bits per heavy atom. The van der Waals surface area contributed by atoms with Gasteiger partial charge in [-0.2, -0.15) is 0 Å². The average Bonchev–Trinajstić information content (AvgIpc) is 0.672. The monoisotopic (exact) mass is 1450 g/mol. The number of fused-ring (bicyclic) bond motifs is 7. The fourth-order valence-electron chi connectivity index (χ4n) is 12.1. The predicted octanol–water partition coefficient (Wildman–Crippen LogP) is 31.4. The van der Waals surface area contributed by atoms with E-state index in [1.807, 2.05) is 332 Å². The Morgan fingerprint density at radius 3 is 1.03 bits per heavy atom. The molecule has 3 N–H and O–H groups in total. The van der Waals surface area contributed by atoms with Crippen LogP contribution in [0.5, 0.6) is 0 Å². The Hall–Kier alpha value is -2.75. The highest BCUT2D eigenvalue weighted by Crippen LogP contribution is 2.76. The summed E-state index contributed by atoms with van der Waals surface area (Å²) in [6.07, 6.45) is 13.4. The zero-order valence-corrected chi connectivity index (χ0v) is 80.9. The Labute approximate surface area is 640 Å². The van der Waals surface area contributed by atoms with Crippen molar-refractivity contribution in [3.8, 4) is 0 Å². The van der Waals surface area contributed by atoms with Crippen molar-refractivity contribution in [3.63, 3.8) is 0 Å². The molecule has 0 amide bonds. The summed E-state index contributed by atoms with van der Waals surface area (Å²) in [6, 6.07) is 0. The van der Waals surface area contributed by atoms with Crippen LogP contribution in [-0.2, 0) is 28.6 Å². The largest absolute Gasteiger partial charge is 0.462 e. The molecule has 0 bridgehead atoms. The SMILES string of the molecule is C/C=C/C(=O)OC[C@@]12C(CC(C)(C)[C@@H](O)[C@@H]1OC(=O)/C=C/C)C1=CCC3[C@@]4(C)CC[C@H](O)[C@](C)(COC(=O)/C=C/C)C4CC[C@@]3(C)[C@]1(C)C[C@H]2O.CC.CC.CC.CC.CC.CC.CC.CC.CC.CC.CC.CC.CC.CC.CC.CC.CC.CC.CC.CC.CC.CC.CC.CCC. The molecule has 4 fully saturated rings. The van der Waals surface area contributed by atoms with Gasteiger partial charge in [0.15, 0.2) is 0 Å². The summed E-state index contributed by atoms with van der Waals surface area (Å²) in [5, 5.41) is 36.0. The van der Waals surface area contributed by atoms with E-state index in [2.05, 4.69) is 47.6 Å². The number of hydrogen-bond donors (Lipinski definition) is 3. The van der Waals surface area contributed by atoms with E-state index in [0.29, 0.717) is 19.3 Å². The molecule has 0 spiro atoms. The number of rotatable bonds is 8. The third-order valence-electron chi connectivity index (χ3n) is 15.0. The molecule has 0 aromatic heterocycles. The lowest BCUT2D eigenvalue weighted by atomic mass is 9.33. The van der Waals surface area contributed by atoms with Gasteiger partial charge in [0.05, 0.1) is 30.3 Å². The number of esters is 3. The first-order chi connectivity index (χ1) is 48.2. The van der Waals surface area contributed by atoms with Crippen LogP contribution in [0.25, 0.3) is 0 Å². The minimum Gasteiger partial charge on any atom is -0.462 e. The van der Waals surface area contributed by atoms with Gasteiger partial charge in [0, 0.05) is 23.6 Å². The summed E-state index contributed by atoms with van der Waals surface area (Å²) < 4.78 is 17.7. The second-order valence-electron chi connectivity index (χ2n) is 18.7. The Kier molecular flexibility index (Phi) is 177. The van der Waals surface area contributed by atoms with Gasteiger partial charge in [-0.05, 0) is 105 Å². The number of hydrogen-bond acceptors (Lipinski definition) is 9. The maximum Gasteiger partial charge on any atom is 0.330 e. The number of aliphatic hydroxyl groups is 3. The summed E-state index contributed by atoms with van der Waals surface area (Å²) in [7, 11) is 0. The molecule has 0 radical (unpaired) electrons. The van der Waals surface area contributed by atoms with Crippen LogP contribution in [0.2, 0.25) is 0 Å². The second-order valence-corrected chi connectivity index (χ2v) is 18.7. The van der Waals surface area contributed by atoms with Crippen molar-refractivity contribution in [1.29, 1.82) is 0 Å². The van der Waals surface area contributed by atoms with Gasteiger partial charge >= 0.3 is 17.9 Å². The Bertz CT molecular complexity index is 1520. The van der Waals surface area contributed by atoms with Crippen LogP contribution in [0.4, 0.5) is 0 Å². The first-order valence-electron chi connectivity index (χ1n) is 43.4. The zero-order chi connectivity index (χ0) is 86.5. The quantitative estimate of drug-likeness (QED) is 0.0938. The molecule has 5 rings (SSSR count). The van der Waals surface area contributed by atoms with Crippen molar-refractivity contribution in [2.24, 2.45) is 50.2 Å². The molecule has 4 saturated carbocycles. The summed E-state index contributed by atoms with van der Waals surface area (Å²) in [4.78, 5) is 38.3.